The van der Waals surface area contributed by atoms with Crippen LogP contribution in [-0.2, 0) is 16.4 Å². The fraction of sp³-hybridized carbons (Fsp3) is 0.500. The molecule has 0 atom stereocenters. The van der Waals surface area contributed by atoms with Crippen LogP contribution in [0.25, 0.3) is 0 Å². The van der Waals surface area contributed by atoms with E-state index in [0.29, 0.717) is 0 Å². The number of phosphoric acid groups is 1. The van der Waals surface area contributed by atoms with Crippen molar-refractivity contribution in [3.8, 4) is 5.75 Å². The second kappa shape index (κ2) is 6.74. The van der Waals surface area contributed by atoms with Crippen molar-refractivity contribution in [1.29, 1.82) is 0 Å². The second-order valence-corrected chi connectivity index (χ2v) is 6.05. The summed E-state index contributed by atoms with van der Waals surface area (Å²) in [5.74, 6) is 0.128. The normalized spacial score (nSPS) is 11.9. The number of phosphoric ester groups is 1. The molecule has 0 aliphatic carbocycles. The third-order valence-electron chi connectivity index (χ3n) is 2.47. The average Bonchev–Trinajstić information content (AvgIpc) is 2.14. The van der Waals surface area contributed by atoms with Crippen LogP contribution in [0.5, 0.6) is 5.75 Å². The van der Waals surface area contributed by atoms with E-state index >= 15 is 0 Å². The number of benzene rings is 1. The quantitative estimate of drug-likeness (QED) is 0.624. The van der Waals surface area contributed by atoms with Crippen LogP contribution in [-0.4, -0.2) is 37.7 Å². The maximum atomic E-state index is 10.7. The Balaban J connectivity index is 0.00000289. The van der Waals surface area contributed by atoms with Crippen LogP contribution < -0.4 is 14.3 Å². The maximum absolute atomic E-state index is 10.7. The third-order valence-corrected chi connectivity index (χ3v) is 2.89. The Hall–Kier alpha value is 0.430. The van der Waals surface area contributed by atoms with Crippen molar-refractivity contribution in [2.24, 2.45) is 0 Å². The summed E-state index contributed by atoms with van der Waals surface area (Å²) in [6.45, 7) is 7.83. The molecule has 4 nitrogen and oxygen atoms in total. The first-order valence-electron chi connectivity index (χ1n) is 5.48. The molecular weight excluding hydrogens is 279 g/mol. The SMILES string of the molecule is CCc1ccc(OP(=O)([O-])[O-])c(C(C)(C)C)c1.[Ca+2]. The zero-order valence-corrected chi connectivity index (χ0v) is 14.3. The standard InChI is InChI=1S/C12H19O4P.Ca/c1-5-9-6-7-11(16-17(13,14)15)10(8-9)12(2,3)4;/h6-8H,5H2,1-4H3,(H2,13,14,15);/q;+2/p-2. The van der Waals surface area contributed by atoms with Crippen LogP contribution in [0.1, 0.15) is 38.8 Å². The van der Waals surface area contributed by atoms with Crippen molar-refractivity contribution in [1.82, 2.24) is 0 Å². The Labute approximate surface area is 138 Å². The fourth-order valence-electron chi connectivity index (χ4n) is 1.58. The molecule has 6 heteroatoms. The van der Waals surface area contributed by atoms with Gasteiger partial charge in [0.1, 0.15) is 13.6 Å². The Morgan fingerprint density at radius 3 is 2.22 bits per heavy atom. The van der Waals surface area contributed by atoms with E-state index in [9.17, 15) is 14.4 Å². The molecule has 0 aromatic heterocycles. The summed E-state index contributed by atoms with van der Waals surface area (Å²) in [6.07, 6.45) is 0.843. The smallest absolute Gasteiger partial charge is 0.780 e. The zero-order chi connectivity index (χ0) is 13.3. The molecule has 0 N–H and O–H groups in total. The van der Waals surface area contributed by atoms with Crippen molar-refractivity contribution < 1.29 is 18.9 Å². The van der Waals surface area contributed by atoms with Gasteiger partial charge in [0.05, 0.1) is 0 Å². The molecule has 0 aliphatic heterocycles. The molecule has 0 bridgehead atoms. The van der Waals surface area contributed by atoms with Gasteiger partial charge < -0.3 is 18.9 Å². The van der Waals surface area contributed by atoms with Gasteiger partial charge in [0.15, 0.2) is 0 Å². The number of aryl methyl sites for hydroxylation is 1. The first-order valence-corrected chi connectivity index (χ1v) is 6.94. The van der Waals surface area contributed by atoms with E-state index in [1.807, 2.05) is 33.8 Å². The molecule has 1 rings (SSSR count). The van der Waals surface area contributed by atoms with Gasteiger partial charge in [-0.05, 0) is 23.5 Å². The molecule has 1 aromatic carbocycles. The molecule has 1 aromatic rings. The molecule has 0 spiro atoms. The van der Waals surface area contributed by atoms with E-state index in [1.165, 1.54) is 0 Å². The molecule has 0 fully saturated rings. The van der Waals surface area contributed by atoms with E-state index in [2.05, 4.69) is 4.52 Å². The van der Waals surface area contributed by atoms with Crippen LogP contribution in [0.15, 0.2) is 18.2 Å². The van der Waals surface area contributed by atoms with E-state index < -0.39 is 7.82 Å². The van der Waals surface area contributed by atoms with Crippen LogP contribution >= 0.6 is 7.82 Å². The summed E-state index contributed by atoms with van der Waals surface area (Å²) in [5, 5.41) is 0. The minimum Gasteiger partial charge on any atom is -0.780 e. The van der Waals surface area contributed by atoms with Crippen molar-refractivity contribution in [2.75, 3.05) is 0 Å². The molecule has 0 saturated carbocycles. The van der Waals surface area contributed by atoms with Gasteiger partial charge >= 0.3 is 37.7 Å². The summed E-state index contributed by atoms with van der Waals surface area (Å²) < 4.78 is 15.2. The topological polar surface area (TPSA) is 72.4 Å². The predicted molar refractivity (Wildman–Crippen MR) is 68.5 cm³/mol. The van der Waals surface area contributed by atoms with Gasteiger partial charge in [-0.15, -0.1) is 0 Å². The third kappa shape index (κ3) is 5.60. The van der Waals surface area contributed by atoms with E-state index in [1.54, 1.807) is 12.1 Å². The van der Waals surface area contributed by atoms with Gasteiger partial charge in [-0.3, -0.25) is 0 Å². The number of hydrogen-bond donors (Lipinski definition) is 0. The van der Waals surface area contributed by atoms with E-state index in [4.69, 9.17) is 0 Å². The summed E-state index contributed by atoms with van der Waals surface area (Å²) in [5.41, 5.74) is 1.52. The van der Waals surface area contributed by atoms with Gasteiger partial charge in [-0.2, -0.15) is 0 Å². The number of rotatable bonds is 3. The molecule has 0 saturated heterocycles. The van der Waals surface area contributed by atoms with Gasteiger partial charge in [-0.25, -0.2) is 0 Å². The van der Waals surface area contributed by atoms with Crippen molar-refractivity contribution in [3.05, 3.63) is 29.3 Å². The molecule has 0 radical (unpaired) electrons. The van der Waals surface area contributed by atoms with Crippen LogP contribution in [0.4, 0.5) is 0 Å². The Morgan fingerprint density at radius 1 is 1.28 bits per heavy atom. The number of hydrogen-bond acceptors (Lipinski definition) is 4. The second-order valence-electron chi connectivity index (χ2n) is 4.97. The first kappa shape index (κ1) is 18.4. The molecular formula is C12H17CaO4P. The summed E-state index contributed by atoms with van der Waals surface area (Å²) in [7, 11) is -5.01. The zero-order valence-electron chi connectivity index (χ0n) is 11.2. The van der Waals surface area contributed by atoms with Gasteiger partial charge in [0, 0.05) is 5.56 Å². The van der Waals surface area contributed by atoms with Crippen molar-refractivity contribution in [2.45, 2.75) is 39.5 Å². The molecule has 0 amide bonds. The molecule has 0 unspecified atom stereocenters. The minimum atomic E-state index is -5.01. The van der Waals surface area contributed by atoms with Crippen LogP contribution in [0, 0.1) is 0 Å². The van der Waals surface area contributed by atoms with Crippen molar-refractivity contribution in [3.63, 3.8) is 0 Å². The Morgan fingerprint density at radius 2 is 1.83 bits per heavy atom. The summed E-state index contributed by atoms with van der Waals surface area (Å²) in [4.78, 5) is 21.4. The first-order chi connectivity index (χ1) is 7.63. The van der Waals surface area contributed by atoms with Gasteiger partial charge in [0.2, 0.25) is 0 Å². The fourth-order valence-corrected chi connectivity index (χ4v) is 1.98. The molecule has 96 valence electrons. The maximum Gasteiger partial charge on any atom is 2.00 e. The average molecular weight is 296 g/mol. The molecule has 0 heterocycles. The Bertz CT molecular complexity index is 448. The Kier molecular flexibility index (Phi) is 6.90. The van der Waals surface area contributed by atoms with Gasteiger partial charge in [0.25, 0.3) is 0 Å². The summed E-state index contributed by atoms with van der Waals surface area (Å²) in [6, 6.07) is 5.19. The monoisotopic (exact) mass is 296 g/mol. The largest absolute Gasteiger partial charge is 2.00 e. The van der Waals surface area contributed by atoms with E-state index in [-0.39, 0.29) is 48.9 Å². The van der Waals surface area contributed by atoms with E-state index in [0.717, 1.165) is 17.5 Å². The van der Waals surface area contributed by atoms with Crippen molar-refractivity contribution >= 4 is 45.6 Å². The predicted octanol–water partition coefficient (Wildman–Crippen LogP) is 1.37. The minimum absolute atomic E-state index is 0. The molecule has 18 heavy (non-hydrogen) atoms. The molecule has 0 aliphatic rings. The van der Waals surface area contributed by atoms with Crippen LogP contribution in [0.3, 0.4) is 0 Å². The van der Waals surface area contributed by atoms with Gasteiger partial charge in [-0.1, -0.05) is 39.8 Å². The summed E-state index contributed by atoms with van der Waals surface area (Å²) >= 11 is 0. The van der Waals surface area contributed by atoms with Crippen LogP contribution in [0.2, 0.25) is 0 Å².